The van der Waals surface area contributed by atoms with E-state index in [1.165, 1.54) is 24.9 Å². The van der Waals surface area contributed by atoms with E-state index in [-0.39, 0.29) is 0 Å². The quantitative estimate of drug-likeness (QED) is 0.751. The molecule has 0 bridgehead atoms. The second-order valence-corrected chi connectivity index (χ2v) is 4.43. The molecule has 0 aliphatic heterocycles. The van der Waals surface area contributed by atoms with Gasteiger partial charge in [0.05, 0.1) is 0 Å². The third-order valence-electron chi connectivity index (χ3n) is 3.07. The first-order valence-electron chi connectivity index (χ1n) is 5.61. The van der Waals surface area contributed by atoms with Crippen molar-refractivity contribution in [1.29, 1.82) is 0 Å². The summed E-state index contributed by atoms with van der Waals surface area (Å²) in [5.41, 5.74) is 1.38. The molecule has 0 amide bonds. The third-order valence-corrected chi connectivity index (χ3v) is 3.07. The predicted octanol–water partition coefficient (Wildman–Crippen LogP) is 2.82. The van der Waals surface area contributed by atoms with Gasteiger partial charge in [-0.2, -0.15) is 0 Å². The first-order valence-corrected chi connectivity index (χ1v) is 5.61. The fourth-order valence-electron chi connectivity index (χ4n) is 1.87. The first kappa shape index (κ1) is 9.72. The zero-order valence-electron chi connectivity index (χ0n) is 8.87. The molecule has 0 spiro atoms. The predicted molar refractivity (Wildman–Crippen MR) is 60.0 cm³/mol. The summed E-state index contributed by atoms with van der Waals surface area (Å²) in [7, 11) is 0. The first-order chi connectivity index (χ1) is 6.86. The number of rotatable bonds is 5. The molecule has 1 atom stereocenters. The number of hydrogen-bond donors (Lipinski definition) is 1. The van der Waals surface area contributed by atoms with Crippen molar-refractivity contribution >= 4 is 0 Å². The number of hydrogen-bond acceptors (Lipinski definition) is 1. The van der Waals surface area contributed by atoms with Crippen LogP contribution in [0.1, 0.15) is 25.3 Å². The molecule has 2 rings (SSSR count). The van der Waals surface area contributed by atoms with Gasteiger partial charge in [0.1, 0.15) is 0 Å². The molecule has 1 heteroatoms. The van der Waals surface area contributed by atoms with Crippen LogP contribution >= 0.6 is 0 Å². The molecule has 1 fully saturated rings. The van der Waals surface area contributed by atoms with E-state index in [0.29, 0.717) is 0 Å². The average molecular weight is 189 g/mol. The molecule has 1 aromatic carbocycles. The van der Waals surface area contributed by atoms with Crippen LogP contribution in [0, 0.1) is 11.8 Å². The highest BCUT2D eigenvalue weighted by Crippen LogP contribution is 2.36. The van der Waals surface area contributed by atoms with Crippen LogP contribution in [0.3, 0.4) is 0 Å². The van der Waals surface area contributed by atoms with Gasteiger partial charge in [0.15, 0.2) is 0 Å². The molecule has 0 radical (unpaired) electrons. The molecule has 1 aliphatic rings. The summed E-state index contributed by atoms with van der Waals surface area (Å²) in [6, 6.07) is 10.6. The summed E-state index contributed by atoms with van der Waals surface area (Å²) in [5.74, 6) is 1.87. The highest BCUT2D eigenvalue weighted by atomic mass is 14.9. The van der Waals surface area contributed by atoms with Gasteiger partial charge in [-0.25, -0.2) is 0 Å². The molecule has 1 nitrogen and oxygen atoms in total. The number of nitrogens with one attached hydrogen (secondary N) is 1. The van der Waals surface area contributed by atoms with E-state index < -0.39 is 0 Å². The Morgan fingerprint density at radius 3 is 2.64 bits per heavy atom. The van der Waals surface area contributed by atoms with Crippen molar-refractivity contribution in [2.24, 2.45) is 11.8 Å². The lowest BCUT2D eigenvalue weighted by Gasteiger charge is -2.11. The van der Waals surface area contributed by atoms with Gasteiger partial charge in [-0.1, -0.05) is 37.3 Å². The molecule has 1 aliphatic carbocycles. The highest BCUT2D eigenvalue weighted by molar-refractivity contribution is 5.14. The summed E-state index contributed by atoms with van der Waals surface area (Å²) in [6.07, 6.45) is 2.91. The van der Waals surface area contributed by atoms with E-state index in [4.69, 9.17) is 0 Å². The molecule has 76 valence electrons. The highest BCUT2D eigenvalue weighted by Gasteiger charge is 2.27. The summed E-state index contributed by atoms with van der Waals surface area (Å²) < 4.78 is 0. The van der Waals surface area contributed by atoms with Gasteiger partial charge < -0.3 is 5.32 Å². The second-order valence-electron chi connectivity index (χ2n) is 4.43. The Kier molecular flexibility index (Phi) is 3.20. The second kappa shape index (κ2) is 4.61. The van der Waals surface area contributed by atoms with Crippen LogP contribution in [0.25, 0.3) is 0 Å². The summed E-state index contributed by atoms with van der Waals surface area (Å²) in [6.45, 7) is 4.53. The van der Waals surface area contributed by atoms with Gasteiger partial charge in [0.25, 0.3) is 0 Å². The standard InChI is InChI=1S/C13H19N/c1-11(13-7-8-13)9-14-10-12-5-3-2-4-6-12/h2-6,11,13-14H,7-10H2,1H3. The minimum Gasteiger partial charge on any atom is -0.312 e. The van der Waals surface area contributed by atoms with Crippen molar-refractivity contribution in [3.05, 3.63) is 35.9 Å². The minimum atomic E-state index is 0.860. The van der Waals surface area contributed by atoms with E-state index in [2.05, 4.69) is 42.6 Å². The van der Waals surface area contributed by atoms with E-state index in [1.54, 1.807) is 0 Å². The zero-order chi connectivity index (χ0) is 9.80. The maximum atomic E-state index is 3.52. The molecular formula is C13H19N. The van der Waals surface area contributed by atoms with Crippen molar-refractivity contribution in [3.63, 3.8) is 0 Å². The van der Waals surface area contributed by atoms with Crippen LogP contribution < -0.4 is 5.32 Å². The fourth-order valence-corrected chi connectivity index (χ4v) is 1.87. The Morgan fingerprint density at radius 2 is 2.00 bits per heavy atom. The van der Waals surface area contributed by atoms with Gasteiger partial charge in [-0.3, -0.25) is 0 Å². The molecule has 1 aromatic rings. The largest absolute Gasteiger partial charge is 0.312 e. The molecule has 1 saturated carbocycles. The van der Waals surface area contributed by atoms with Crippen molar-refractivity contribution in [2.45, 2.75) is 26.3 Å². The molecule has 1 unspecified atom stereocenters. The van der Waals surface area contributed by atoms with Gasteiger partial charge in [0, 0.05) is 6.54 Å². The number of benzene rings is 1. The molecule has 1 N–H and O–H groups in total. The Hall–Kier alpha value is -0.820. The van der Waals surface area contributed by atoms with Crippen molar-refractivity contribution in [2.75, 3.05) is 6.54 Å². The molecular weight excluding hydrogens is 170 g/mol. The van der Waals surface area contributed by atoms with Gasteiger partial charge in [0.2, 0.25) is 0 Å². The lowest BCUT2D eigenvalue weighted by molar-refractivity contribution is 0.461. The minimum absolute atomic E-state index is 0.860. The van der Waals surface area contributed by atoms with Gasteiger partial charge in [-0.05, 0) is 36.8 Å². The Bertz CT molecular complexity index is 264. The molecule has 0 aromatic heterocycles. The van der Waals surface area contributed by atoms with Crippen molar-refractivity contribution < 1.29 is 0 Å². The Morgan fingerprint density at radius 1 is 1.29 bits per heavy atom. The van der Waals surface area contributed by atoms with Crippen LogP contribution in [-0.2, 0) is 6.54 Å². The molecule has 0 saturated heterocycles. The summed E-state index contributed by atoms with van der Waals surface area (Å²) in [4.78, 5) is 0. The summed E-state index contributed by atoms with van der Waals surface area (Å²) >= 11 is 0. The van der Waals surface area contributed by atoms with E-state index in [1.807, 2.05) is 0 Å². The fraction of sp³-hybridized carbons (Fsp3) is 0.538. The van der Waals surface area contributed by atoms with Crippen LogP contribution in [0.5, 0.6) is 0 Å². The van der Waals surface area contributed by atoms with E-state index in [9.17, 15) is 0 Å². The maximum Gasteiger partial charge on any atom is 0.0205 e. The van der Waals surface area contributed by atoms with E-state index in [0.717, 1.165) is 18.4 Å². The van der Waals surface area contributed by atoms with Crippen LogP contribution in [0.2, 0.25) is 0 Å². The Labute approximate surface area is 86.5 Å². The SMILES string of the molecule is CC(CNCc1ccccc1)C1CC1. The maximum absolute atomic E-state index is 3.52. The van der Waals surface area contributed by atoms with Crippen molar-refractivity contribution in [3.8, 4) is 0 Å². The molecule has 14 heavy (non-hydrogen) atoms. The topological polar surface area (TPSA) is 12.0 Å². The monoisotopic (exact) mass is 189 g/mol. The Balaban J connectivity index is 1.67. The van der Waals surface area contributed by atoms with Crippen LogP contribution in [0.15, 0.2) is 30.3 Å². The van der Waals surface area contributed by atoms with Crippen LogP contribution in [0.4, 0.5) is 0 Å². The van der Waals surface area contributed by atoms with Crippen LogP contribution in [-0.4, -0.2) is 6.54 Å². The zero-order valence-corrected chi connectivity index (χ0v) is 8.87. The van der Waals surface area contributed by atoms with Gasteiger partial charge in [-0.15, -0.1) is 0 Å². The smallest absolute Gasteiger partial charge is 0.0205 e. The normalized spacial score (nSPS) is 18.1. The van der Waals surface area contributed by atoms with E-state index >= 15 is 0 Å². The summed E-state index contributed by atoms with van der Waals surface area (Å²) in [5, 5.41) is 3.52. The lowest BCUT2D eigenvalue weighted by atomic mass is 10.1. The van der Waals surface area contributed by atoms with Crippen molar-refractivity contribution in [1.82, 2.24) is 5.32 Å². The average Bonchev–Trinajstić information content (AvgIpc) is 3.02. The third kappa shape index (κ3) is 2.85. The van der Waals surface area contributed by atoms with Gasteiger partial charge >= 0.3 is 0 Å². The lowest BCUT2D eigenvalue weighted by Crippen LogP contribution is -2.21. The molecule has 0 heterocycles.